The minimum Gasteiger partial charge on any atom is -0.369 e. The van der Waals surface area contributed by atoms with E-state index >= 15 is 0 Å². The molecule has 0 bridgehead atoms. The number of hydrogen-bond acceptors (Lipinski definition) is 9. The van der Waals surface area contributed by atoms with Crippen molar-refractivity contribution in [1.29, 1.82) is 0 Å². The number of aromatic nitrogens is 1. The molecule has 332 valence electrons. The van der Waals surface area contributed by atoms with Crippen LogP contribution in [0.5, 0.6) is 0 Å². The smallest absolute Gasteiger partial charge is 0.0933 e. The molecule has 4 fully saturated rings. The van der Waals surface area contributed by atoms with E-state index in [1.165, 1.54) is 78.3 Å². The Bertz CT molecular complexity index is 2960. The predicted octanol–water partition coefficient (Wildman–Crippen LogP) is 7.49. The van der Waals surface area contributed by atoms with Crippen LogP contribution in [0, 0.1) is 0 Å². The summed E-state index contributed by atoms with van der Waals surface area (Å²) < 4.78 is 2.46. The van der Waals surface area contributed by atoms with E-state index in [2.05, 4.69) is 188 Å². The highest BCUT2D eigenvalue weighted by Crippen LogP contribution is 2.68. The van der Waals surface area contributed by atoms with Crippen molar-refractivity contribution in [2.45, 2.75) is 78.4 Å². The number of likely N-dealkylation sites (N-methyl/N-ethyl adjacent to an activating group) is 5. The fraction of sp³-hybridized carbons (Fsp3) is 0.418. The molecule has 0 spiro atoms. The zero-order valence-electron chi connectivity index (χ0n) is 38.5. The Hall–Kier alpha value is -5.36. The molecule has 5 aromatic carbocycles. The topological polar surface area (TPSA) is 78.0 Å². The third-order valence-electron chi connectivity index (χ3n) is 18.7. The lowest BCUT2D eigenvalue weighted by Gasteiger charge is -2.48. The van der Waals surface area contributed by atoms with Crippen LogP contribution in [0.15, 0.2) is 109 Å². The SMILES string of the molecule is CNCCc1cn(-c2cccc3c2N[C@@H]2N(C)CC[C@]32c2ccc3c(c2)[C@]2([C@@]45CCN(C)[C@@H]4Nc4c([C@]67CCN(C)[C@H]6Nc6ccccc67)cccc45)CCN(C)[C@@H]2N3)c2ccccc12. The molecular weight excluding hydrogens is 801 g/mol. The summed E-state index contributed by atoms with van der Waals surface area (Å²) in [4.78, 5) is 10.4. The second kappa shape index (κ2) is 13.4. The first-order valence-corrected chi connectivity index (χ1v) is 24.4. The molecule has 10 nitrogen and oxygen atoms in total. The highest BCUT2D eigenvalue weighted by Gasteiger charge is 2.72. The number of nitrogens with one attached hydrogen (secondary N) is 5. The Balaban J connectivity index is 0.947. The third-order valence-corrected chi connectivity index (χ3v) is 18.7. The van der Waals surface area contributed by atoms with E-state index in [9.17, 15) is 0 Å². The van der Waals surface area contributed by atoms with Crippen molar-refractivity contribution in [3.8, 4) is 5.69 Å². The van der Waals surface area contributed by atoms with Crippen LogP contribution in [0.1, 0.15) is 64.6 Å². The minimum atomic E-state index is -0.203. The van der Waals surface area contributed by atoms with Crippen LogP contribution in [0.4, 0.5) is 22.7 Å². The lowest BCUT2D eigenvalue weighted by molar-refractivity contribution is 0.147. The summed E-state index contributed by atoms with van der Waals surface area (Å²) in [7, 11) is 11.4. The average Bonchev–Trinajstić information content (AvgIpc) is 4.22. The molecule has 5 N–H and O–H groups in total. The van der Waals surface area contributed by atoms with Crippen LogP contribution in [0.2, 0.25) is 0 Å². The number of nitrogens with zero attached hydrogens (tertiary/aromatic N) is 5. The zero-order chi connectivity index (χ0) is 43.6. The van der Waals surface area contributed by atoms with Crippen molar-refractivity contribution in [2.75, 3.05) is 89.2 Å². The average molecular weight is 863 g/mol. The van der Waals surface area contributed by atoms with E-state index in [0.29, 0.717) is 0 Å². The van der Waals surface area contributed by atoms with Crippen LogP contribution < -0.4 is 26.6 Å². The lowest BCUT2D eigenvalue weighted by atomic mass is 9.54. The number of likely N-dealkylation sites (tertiary alicyclic amines) is 4. The molecule has 1 aromatic heterocycles. The van der Waals surface area contributed by atoms with Crippen LogP contribution in [-0.2, 0) is 28.1 Å². The van der Waals surface area contributed by atoms with Crippen molar-refractivity contribution in [1.82, 2.24) is 29.5 Å². The van der Waals surface area contributed by atoms with Crippen molar-refractivity contribution in [2.24, 2.45) is 0 Å². The van der Waals surface area contributed by atoms with Gasteiger partial charge in [0.05, 0.1) is 52.4 Å². The Morgan fingerprint density at radius 3 is 1.94 bits per heavy atom. The van der Waals surface area contributed by atoms with Gasteiger partial charge in [-0.1, -0.05) is 78.9 Å². The number of para-hydroxylation sites is 4. The van der Waals surface area contributed by atoms with Gasteiger partial charge in [-0.15, -0.1) is 0 Å². The minimum absolute atomic E-state index is 0.129. The maximum atomic E-state index is 4.40. The van der Waals surface area contributed by atoms with Gasteiger partial charge >= 0.3 is 0 Å². The second-order valence-electron chi connectivity index (χ2n) is 21.1. The highest BCUT2D eigenvalue weighted by molar-refractivity contribution is 5.88. The van der Waals surface area contributed by atoms with E-state index in [0.717, 1.165) is 64.8 Å². The number of rotatable bonds is 7. The van der Waals surface area contributed by atoms with E-state index in [-0.39, 0.29) is 46.3 Å². The number of hydrogen-bond donors (Lipinski definition) is 5. The Kier molecular flexibility index (Phi) is 8.00. The van der Waals surface area contributed by atoms with Gasteiger partial charge in [0.2, 0.25) is 0 Å². The molecule has 8 atom stereocenters. The van der Waals surface area contributed by atoms with E-state index in [4.69, 9.17) is 0 Å². The molecule has 0 saturated carbocycles. The van der Waals surface area contributed by atoms with E-state index in [1.807, 2.05) is 7.05 Å². The summed E-state index contributed by atoms with van der Waals surface area (Å²) in [6.07, 6.45) is 8.51. The quantitative estimate of drug-likeness (QED) is 0.112. The largest absolute Gasteiger partial charge is 0.369 e. The first-order valence-electron chi connectivity index (χ1n) is 24.4. The molecule has 4 saturated heterocycles. The highest BCUT2D eigenvalue weighted by atomic mass is 15.4. The second-order valence-corrected chi connectivity index (χ2v) is 21.1. The first-order chi connectivity index (χ1) is 31.8. The van der Waals surface area contributed by atoms with Gasteiger partial charge in [0.1, 0.15) is 0 Å². The van der Waals surface area contributed by atoms with Crippen LogP contribution >= 0.6 is 0 Å². The summed E-state index contributed by atoms with van der Waals surface area (Å²) in [5.74, 6) is 0. The molecule has 0 amide bonds. The fourth-order valence-electron chi connectivity index (χ4n) is 15.8. The van der Waals surface area contributed by atoms with Crippen LogP contribution in [0.3, 0.4) is 0 Å². The molecule has 14 rings (SSSR count). The summed E-state index contributed by atoms with van der Waals surface area (Å²) in [5, 5.41) is 21.6. The summed E-state index contributed by atoms with van der Waals surface area (Å²) in [5.41, 5.74) is 17.3. The van der Waals surface area contributed by atoms with Gasteiger partial charge in [-0.05, 0) is 137 Å². The first kappa shape index (κ1) is 38.9. The molecule has 65 heavy (non-hydrogen) atoms. The Morgan fingerprint density at radius 2 is 1.12 bits per heavy atom. The lowest BCUT2D eigenvalue weighted by Crippen LogP contribution is -2.60. The molecule has 10 heteroatoms. The summed E-state index contributed by atoms with van der Waals surface area (Å²) in [6, 6.07) is 40.3. The van der Waals surface area contributed by atoms with Gasteiger partial charge in [-0.25, -0.2) is 0 Å². The molecule has 0 radical (unpaired) electrons. The normalized spacial score (nSPS) is 32.9. The number of anilines is 4. The monoisotopic (exact) mass is 863 g/mol. The molecule has 8 aliphatic rings. The van der Waals surface area contributed by atoms with Gasteiger partial charge in [0, 0.05) is 65.7 Å². The molecule has 6 aromatic rings. The van der Waals surface area contributed by atoms with Crippen molar-refractivity contribution in [3.05, 3.63) is 148 Å². The molecule has 9 heterocycles. The summed E-state index contributed by atoms with van der Waals surface area (Å²) >= 11 is 0. The van der Waals surface area contributed by atoms with E-state index in [1.54, 1.807) is 0 Å². The standard InChI is InChI=1S/C55H62N10/c1-56-27-22-34-33-65(44-18-9-6-12-36(34)44)45-19-11-15-39-47(45)60-48-52(39,23-28-61(48)2)35-20-21-43-41(32-35)55(26-31-63(4)50(55)58-43)54-25-30-64(5)51(54)59-46-38(14-10-16-40(46)54)53-24-29-62(3)49(53)57-42-17-8-7-13-37(42)53/h6-21,32-33,48-51,56-60H,22-31H2,1-5H3/t48-,49-,50+,51+,52+,53-,54-,55-/m1/s1. The zero-order valence-corrected chi connectivity index (χ0v) is 38.5. The van der Waals surface area contributed by atoms with E-state index < -0.39 is 0 Å². The maximum Gasteiger partial charge on any atom is 0.0933 e. The molecular formula is C55H62N10. The van der Waals surface area contributed by atoms with Gasteiger partial charge in [-0.3, -0.25) is 19.6 Å². The van der Waals surface area contributed by atoms with Gasteiger partial charge < -0.3 is 31.2 Å². The van der Waals surface area contributed by atoms with Gasteiger partial charge in [0.25, 0.3) is 0 Å². The number of fused-ring (bicyclic) bond motifs is 14. The van der Waals surface area contributed by atoms with Crippen molar-refractivity contribution >= 4 is 33.7 Å². The van der Waals surface area contributed by atoms with Crippen LogP contribution in [-0.4, -0.2) is 117 Å². The van der Waals surface area contributed by atoms with Crippen molar-refractivity contribution in [3.63, 3.8) is 0 Å². The van der Waals surface area contributed by atoms with Crippen LogP contribution in [0.25, 0.3) is 16.6 Å². The third kappa shape index (κ3) is 4.58. The molecule has 0 unspecified atom stereocenters. The maximum absolute atomic E-state index is 4.40. The Labute approximate surface area is 383 Å². The molecule has 0 aliphatic carbocycles. The number of benzene rings is 5. The van der Waals surface area contributed by atoms with Crippen molar-refractivity contribution < 1.29 is 0 Å². The van der Waals surface area contributed by atoms with Gasteiger partial charge in [-0.2, -0.15) is 0 Å². The molecule has 8 aliphatic heterocycles. The summed E-state index contributed by atoms with van der Waals surface area (Å²) in [6.45, 7) is 5.19. The fourth-order valence-corrected chi connectivity index (χ4v) is 15.8. The van der Waals surface area contributed by atoms with Gasteiger partial charge in [0.15, 0.2) is 0 Å². The Morgan fingerprint density at radius 1 is 0.538 bits per heavy atom. The predicted molar refractivity (Wildman–Crippen MR) is 264 cm³/mol.